The number of carbonyl (C=O) groups is 1. The van der Waals surface area contributed by atoms with Crippen LogP contribution in [0.1, 0.15) is 30.0 Å². The van der Waals surface area contributed by atoms with E-state index in [2.05, 4.69) is 30.7 Å². The van der Waals surface area contributed by atoms with E-state index in [0.717, 1.165) is 35.2 Å². The summed E-state index contributed by atoms with van der Waals surface area (Å²) in [5.74, 6) is -0.000836. The number of esters is 1. The molecule has 4 heterocycles. The third-order valence-corrected chi connectivity index (χ3v) is 7.63. The topological polar surface area (TPSA) is 67.3 Å². The molecule has 2 atom stereocenters. The molecule has 0 aliphatic carbocycles. The van der Waals surface area contributed by atoms with E-state index in [1.807, 2.05) is 5.38 Å². The number of hydrogen-bond acceptors (Lipinski definition) is 8. The molecule has 0 N–H and O–H groups in total. The number of thiazole rings is 1. The number of aliphatic imine (C=N–C) groups is 1. The number of nitrogens with zero attached hydrogens (tertiary/aromatic N) is 4. The monoisotopic (exact) mass is 534 g/mol. The molecule has 0 saturated carbocycles. The van der Waals surface area contributed by atoms with Crippen LogP contribution in [0, 0.1) is 5.82 Å². The highest BCUT2D eigenvalue weighted by Crippen LogP contribution is 2.43. The van der Waals surface area contributed by atoms with Gasteiger partial charge in [-0.1, -0.05) is 22.0 Å². The van der Waals surface area contributed by atoms with Crippen molar-refractivity contribution in [1.82, 2.24) is 14.8 Å². The zero-order valence-electron chi connectivity index (χ0n) is 18.2. The molecular formula is C23H24BrFN4O3S. The Bertz CT molecular complexity index is 1100. The maximum Gasteiger partial charge on any atom is 0.338 e. The van der Waals surface area contributed by atoms with Crippen LogP contribution in [0.4, 0.5) is 4.39 Å². The Balaban J connectivity index is 1.64. The zero-order chi connectivity index (χ0) is 22.9. The van der Waals surface area contributed by atoms with Gasteiger partial charge in [0.1, 0.15) is 11.9 Å². The number of aromatic nitrogens is 1. The molecule has 7 nitrogen and oxygen atoms in total. The van der Waals surface area contributed by atoms with Crippen molar-refractivity contribution in [3.05, 3.63) is 61.9 Å². The summed E-state index contributed by atoms with van der Waals surface area (Å²) in [6, 6.07) is 4.08. The molecule has 0 spiro atoms. The molecular weight excluding hydrogens is 511 g/mol. The average Bonchev–Trinajstić information content (AvgIpc) is 3.49. The highest BCUT2D eigenvalue weighted by Gasteiger charge is 2.44. The number of ether oxygens (including phenoxy) is 2. The fourth-order valence-electron chi connectivity index (χ4n) is 4.68. The van der Waals surface area contributed by atoms with E-state index >= 15 is 0 Å². The molecule has 0 bridgehead atoms. The van der Waals surface area contributed by atoms with Crippen molar-refractivity contribution in [2.24, 2.45) is 4.99 Å². The number of carbonyl (C=O) groups excluding carboxylic acids is 1. The van der Waals surface area contributed by atoms with E-state index in [9.17, 15) is 9.18 Å². The maximum atomic E-state index is 13.9. The molecule has 0 radical (unpaired) electrons. The summed E-state index contributed by atoms with van der Waals surface area (Å²) in [5.41, 5.74) is 2.14. The van der Waals surface area contributed by atoms with Crippen LogP contribution in [0.2, 0.25) is 0 Å². The summed E-state index contributed by atoms with van der Waals surface area (Å²) in [5, 5.41) is 2.71. The van der Waals surface area contributed by atoms with Crippen molar-refractivity contribution in [2.45, 2.75) is 25.4 Å². The number of morpholine rings is 1. The number of benzene rings is 1. The van der Waals surface area contributed by atoms with E-state index in [4.69, 9.17) is 14.5 Å². The smallest absolute Gasteiger partial charge is 0.338 e. The quantitative estimate of drug-likeness (QED) is 0.544. The van der Waals surface area contributed by atoms with E-state index < -0.39 is 6.04 Å². The normalized spacial score (nSPS) is 23.5. The number of amidine groups is 1. The Hall–Kier alpha value is -2.14. The SMILES string of the molecule is CCOC(=O)C1=C2C[C@H](N3CCOCC3)CN2C(c2nccs2)=N[C@H]1c1ccc(F)cc1Br. The van der Waals surface area contributed by atoms with Crippen molar-refractivity contribution < 1.29 is 18.7 Å². The molecule has 2 fully saturated rings. The van der Waals surface area contributed by atoms with Gasteiger partial charge in [0.05, 0.1) is 25.4 Å². The van der Waals surface area contributed by atoms with Gasteiger partial charge in [-0.25, -0.2) is 14.2 Å². The van der Waals surface area contributed by atoms with Crippen molar-refractivity contribution >= 4 is 39.1 Å². The minimum absolute atomic E-state index is 0.230. The summed E-state index contributed by atoms with van der Waals surface area (Å²) >= 11 is 4.99. The van der Waals surface area contributed by atoms with Gasteiger partial charge in [0.2, 0.25) is 0 Å². The predicted molar refractivity (Wildman–Crippen MR) is 127 cm³/mol. The first-order valence-corrected chi connectivity index (χ1v) is 12.7. The number of rotatable bonds is 5. The van der Waals surface area contributed by atoms with Crippen LogP contribution < -0.4 is 0 Å². The standard InChI is InChI=1S/C23H24BrFN4O3S/c1-2-32-23(30)19-18-12-15(28-6-8-31-9-7-28)13-29(18)21(22-26-5-10-33-22)27-20(19)16-4-3-14(25)11-17(16)24/h3-5,10-11,15,20H,2,6-9,12-13H2,1H3/t15-,20-/m0/s1. The molecule has 2 saturated heterocycles. The molecule has 1 aromatic carbocycles. The van der Waals surface area contributed by atoms with Crippen molar-refractivity contribution in [1.29, 1.82) is 0 Å². The molecule has 2 aromatic rings. The first kappa shape index (κ1) is 22.6. The third kappa shape index (κ3) is 4.37. The Morgan fingerprint density at radius 2 is 2.18 bits per heavy atom. The van der Waals surface area contributed by atoms with Gasteiger partial charge in [-0.05, 0) is 24.6 Å². The summed E-state index contributed by atoms with van der Waals surface area (Å²) in [6.45, 7) is 5.91. The largest absolute Gasteiger partial charge is 0.463 e. The fraction of sp³-hybridized carbons (Fsp3) is 0.435. The summed E-state index contributed by atoms with van der Waals surface area (Å²) < 4.78 is 25.4. The zero-order valence-corrected chi connectivity index (χ0v) is 20.6. The van der Waals surface area contributed by atoms with Crippen LogP contribution >= 0.6 is 27.3 Å². The van der Waals surface area contributed by atoms with Gasteiger partial charge in [-0.15, -0.1) is 11.3 Å². The van der Waals surface area contributed by atoms with Crippen LogP contribution in [0.3, 0.4) is 0 Å². The van der Waals surface area contributed by atoms with E-state index in [1.165, 1.54) is 23.5 Å². The predicted octanol–water partition coefficient (Wildman–Crippen LogP) is 3.77. The van der Waals surface area contributed by atoms with Crippen LogP contribution in [0.15, 0.2) is 50.5 Å². The molecule has 1 aromatic heterocycles. The summed E-state index contributed by atoms with van der Waals surface area (Å²) in [6.07, 6.45) is 2.46. The molecule has 3 aliphatic rings. The molecule has 0 unspecified atom stereocenters. The Kier molecular flexibility index (Phi) is 6.60. The number of halogens is 2. The lowest BCUT2D eigenvalue weighted by Crippen LogP contribution is -2.45. The van der Waals surface area contributed by atoms with Gasteiger partial charge in [0.25, 0.3) is 0 Å². The van der Waals surface area contributed by atoms with Crippen molar-refractivity contribution in [2.75, 3.05) is 39.5 Å². The number of fused-ring (bicyclic) bond motifs is 1. The molecule has 3 aliphatic heterocycles. The molecule has 0 amide bonds. The molecule has 174 valence electrons. The summed E-state index contributed by atoms with van der Waals surface area (Å²) in [7, 11) is 0. The summed E-state index contributed by atoms with van der Waals surface area (Å²) in [4.78, 5) is 27.3. The van der Waals surface area contributed by atoms with Crippen molar-refractivity contribution in [3.63, 3.8) is 0 Å². The molecule has 10 heteroatoms. The van der Waals surface area contributed by atoms with E-state index in [-0.39, 0.29) is 24.4 Å². The van der Waals surface area contributed by atoms with Crippen LogP contribution in [0.5, 0.6) is 0 Å². The third-order valence-electron chi connectivity index (χ3n) is 6.18. The van der Waals surface area contributed by atoms with Gasteiger partial charge < -0.3 is 14.4 Å². The van der Waals surface area contributed by atoms with E-state index in [1.54, 1.807) is 19.2 Å². The average molecular weight is 535 g/mol. The van der Waals surface area contributed by atoms with Crippen LogP contribution in [-0.2, 0) is 14.3 Å². The lowest BCUT2D eigenvalue weighted by atomic mass is 9.94. The lowest BCUT2D eigenvalue weighted by Gasteiger charge is -2.33. The van der Waals surface area contributed by atoms with Crippen LogP contribution in [0.25, 0.3) is 0 Å². The molecule has 5 rings (SSSR count). The Morgan fingerprint density at radius 1 is 1.36 bits per heavy atom. The Labute approximate surface area is 204 Å². The maximum absolute atomic E-state index is 13.9. The highest BCUT2D eigenvalue weighted by molar-refractivity contribution is 9.10. The number of hydrogen-bond donors (Lipinski definition) is 0. The minimum Gasteiger partial charge on any atom is -0.463 e. The van der Waals surface area contributed by atoms with Gasteiger partial charge >= 0.3 is 5.97 Å². The van der Waals surface area contributed by atoms with Gasteiger partial charge in [-0.3, -0.25) is 9.89 Å². The second-order valence-electron chi connectivity index (χ2n) is 8.06. The first-order valence-electron chi connectivity index (χ1n) is 11.0. The van der Waals surface area contributed by atoms with E-state index in [0.29, 0.717) is 36.2 Å². The second-order valence-corrected chi connectivity index (χ2v) is 9.80. The van der Waals surface area contributed by atoms with Gasteiger partial charge in [-0.2, -0.15) is 0 Å². The Morgan fingerprint density at radius 3 is 2.88 bits per heavy atom. The first-order chi connectivity index (χ1) is 16.1. The van der Waals surface area contributed by atoms with Gasteiger partial charge in [0.15, 0.2) is 10.8 Å². The minimum atomic E-state index is -0.618. The molecule has 33 heavy (non-hydrogen) atoms. The lowest BCUT2D eigenvalue weighted by molar-refractivity contribution is -0.139. The second kappa shape index (κ2) is 9.61. The van der Waals surface area contributed by atoms with Crippen LogP contribution in [-0.4, -0.2) is 72.1 Å². The fourth-order valence-corrected chi connectivity index (χ4v) is 5.89. The van der Waals surface area contributed by atoms with Crippen molar-refractivity contribution in [3.8, 4) is 0 Å². The highest BCUT2D eigenvalue weighted by atomic mass is 79.9. The van der Waals surface area contributed by atoms with Gasteiger partial charge in [0, 0.05) is 53.8 Å².